The quantitative estimate of drug-likeness (QED) is 0.507. The van der Waals surface area contributed by atoms with Gasteiger partial charge in [-0.05, 0) is 19.8 Å². The molecular weight excluding hydrogens is 108 g/mol. The van der Waals surface area contributed by atoms with E-state index in [1.807, 2.05) is 0 Å². The Labute approximate surface area is 59.7 Å². The van der Waals surface area contributed by atoms with E-state index in [1.54, 1.807) is 0 Å². The maximum atomic E-state index is 4.15. The van der Waals surface area contributed by atoms with E-state index in [0.29, 0.717) is 5.41 Å². The van der Waals surface area contributed by atoms with Crippen molar-refractivity contribution in [3.8, 4) is 0 Å². The first-order chi connectivity index (χ1) is 4.12. The summed E-state index contributed by atoms with van der Waals surface area (Å²) in [5, 5.41) is 0. The van der Waals surface area contributed by atoms with Crippen LogP contribution in [0.25, 0.3) is 0 Å². The third-order valence-corrected chi connectivity index (χ3v) is 1.71. The predicted octanol–water partition coefficient (Wildman–Crippen LogP) is 3.43. The standard InChI is InChI=1S/C9H19/c1-5-7-9(3,4)8-6-2/h3,5-8H2,1-2,4H3/q+1. The highest BCUT2D eigenvalue weighted by Crippen LogP contribution is 2.26. The van der Waals surface area contributed by atoms with Crippen LogP contribution in [0.1, 0.15) is 46.5 Å². The Kier molecular flexibility index (Phi) is 3.76. The Hall–Kier alpha value is -0.130. The Morgan fingerprint density at radius 2 is 1.44 bits per heavy atom. The molecule has 0 saturated carbocycles. The fourth-order valence-corrected chi connectivity index (χ4v) is 1.33. The summed E-state index contributed by atoms with van der Waals surface area (Å²) in [7, 11) is 0. The van der Waals surface area contributed by atoms with Crippen LogP contribution in [0.5, 0.6) is 0 Å². The van der Waals surface area contributed by atoms with Gasteiger partial charge in [-0.15, -0.1) is 0 Å². The molecule has 0 aromatic carbocycles. The van der Waals surface area contributed by atoms with Crippen molar-refractivity contribution in [2.45, 2.75) is 46.5 Å². The fourth-order valence-electron chi connectivity index (χ4n) is 1.33. The Bertz CT molecular complexity index is 54.4. The fraction of sp³-hybridized carbons (Fsp3) is 0.889. The molecule has 0 aliphatic heterocycles. The Morgan fingerprint density at radius 1 is 1.11 bits per heavy atom. The van der Waals surface area contributed by atoms with Crippen molar-refractivity contribution in [2.75, 3.05) is 0 Å². The van der Waals surface area contributed by atoms with Gasteiger partial charge in [0, 0.05) is 0 Å². The van der Waals surface area contributed by atoms with E-state index in [4.69, 9.17) is 0 Å². The zero-order valence-electron chi connectivity index (χ0n) is 7.04. The van der Waals surface area contributed by atoms with Gasteiger partial charge in [-0.1, -0.05) is 26.7 Å². The first-order valence-corrected chi connectivity index (χ1v) is 3.97. The van der Waals surface area contributed by atoms with Gasteiger partial charge in [0.2, 0.25) is 0 Å². The molecule has 0 nitrogen and oxygen atoms in total. The SMILES string of the molecule is [CH2+]C(C)(CCC)CCC. The lowest BCUT2D eigenvalue weighted by atomic mass is 9.84. The van der Waals surface area contributed by atoms with E-state index >= 15 is 0 Å². The minimum atomic E-state index is 0.351. The van der Waals surface area contributed by atoms with Crippen LogP contribution in [0.3, 0.4) is 0 Å². The molecule has 0 amide bonds. The molecule has 0 bridgehead atoms. The molecule has 0 fully saturated rings. The molecule has 0 unspecified atom stereocenters. The van der Waals surface area contributed by atoms with Crippen molar-refractivity contribution >= 4 is 0 Å². The minimum absolute atomic E-state index is 0.351. The van der Waals surface area contributed by atoms with Gasteiger partial charge in [0.05, 0.1) is 6.92 Å². The van der Waals surface area contributed by atoms with Crippen LogP contribution in [0.4, 0.5) is 0 Å². The summed E-state index contributed by atoms with van der Waals surface area (Å²) in [6.07, 6.45) is 5.06. The first kappa shape index (κ1) is 8.87. The summed E-state index contributed by atoms with van der Waals surface area (Å²) in [5.41, 5.74) is 0.351. The lowest BCUT2D eigenvalue weighted by Gasteiger charge is -2.14. The smallest absolute Gasteiger partial charge is 0.0652 e. The van der Waals surface area contributed by atoms with Gasteiger partial charge in [0.1, 0.15) is 5.41 Å². The molecule has 0 saturated heterocycles. The second-order valence-corrected chi connectivity index (χ2v) is 3.31. The largest absolute Gasteiger partial charge is 0.103 e. The van der Waals surface area contributed by atoms with Crippen molar-refractivity contribution in [1.82, 2.24) is 0 Å². The molecule has 0 heteroatoms. The molecule has 9 heavy (non-hydrogen) atoms. The number of hydrogen-bond donors (Lipinski definition) is 0. The number of hydrogen-bond acceptors (Lipinski definition) is 0. The lowest BCUT2D eigenvalue weighted by Crippen LogP contribution is -2.09. The maximum Gasteiger partial charge on any atom is 0.103 e. The molecule has 0 aromatic heterocycles. The normalized spacial score (nSPS) is 11.9. The van der Waals surface area contributed by atoms with Gasteiger partial charge in [0.15, 0.2) is 0 Å². The van der Waals surface area contributed by atoms with Crippen molar-refractivity contribution in [3.63, 3.8) is 0 Å². The van der Waals surface area contributed by atoms with E-state index in [2.05, 4.69) is 27.7 Å². The number of rotatable bonds is 4. The van der Waals surface area contributed by atoms with Crippen molar-refractivity contribution < 1.29 is 0 Å². The van der Waals surface area contributed by atoms with Gasteiger partial charge >= 0.3 is 0 Å². The summed E-state index contributed by atoms with van der Waals surface area (Å²) in [4.78, 5) is 0. The third kappa shape index (κ3) is 4.38. The highest BCUT2D eigenvalue weighted by Gasteiger charge is 2.22. The maximum absolute atomic E-state index is 4.15. The molecule has 0 aliphatic rings. The summed E-state index contributed by atoms with van der Waals surface area (Å²) < 4.78 is 0. The molecule has 0 rings (SSSR count). The van der Waals surface area contributed by atoms with Crippen LogP contribution in [0.2, 0.25) is 0 Å². The molecule has 0 radical (unpaired) electrons. The van der Waals surface area contributed by atoms with E-state index < -0.39 is 0 Å². The van der Waals surface area contributed by atoms with E-state index in [9.17, 15) is 0 Å². The van der Waals surface area contributed by atoms with Crippen LogP contribution < -0.4 is 0 Å². The summed E-state index contributed by atoms with van der Waals surface area (Å²) in [6, 6.07) is 0. The molecule has 0 aliphatic carbocycles. The van der Waals surface area contributed by atoms with Crippen molar-refractivity contribution in [3.05, 3.63) is 6.92 Å². The van der Waals surface area contributed by atoms with E-state index in [-0.39, 0.29) is 0 Å². The molecule has 0 N–H and O–H groups in total. The first-order valence-electron chi connectivity index (χ1n) is 3.97. The van der Waals surface area contributed by atoms with Gasteiger partial charge in [-0.3, -0.25) is 0 Å². The topological polar surface area (TPSA) is 0 Å². The molecule has 0 heterocycles. The molecule has 0 spiro atoms. The average molecular weight is 127 g/mol. The lowest BCUT2D eigenvalue weighted by molar-refractivity contribution is 0.348. The van der Waals surface area contributed by atoms with Crippen molar-refractivity contribution in [2.24, 2.45) is 5.41 Å². The second-order valence-electron chi connectivity index (χ2n) is 3.31. The summed E-state index contributed by atoms with van der Waals surface area (Å²) >= 11 is 0. The van der Waals surface area contributed by atoms with Gasteiger partial charge in [-0.2, -0.15) is 0 Å². The Morgan fingerprint density at radius 3 is 1.67 bits per heavy atom. The minimum Gasteiger partial charge on any atom is -0.0652 e. The zero-order chi connectivity index (χ0) is 7.33. The van der Waals surface area contributed by atoms with Gasteiger partial charge in [-0.25, -0.2) is 0 Å². The zero-order valence-corrected chi connectivity index (χ0v) is 7.04. The van der Waals surface area contributed by atoms with Gasteiger partial charge < -0.3 is 0 Å². The molecule has 54 valence electrons. The summed E-state index contributed by atoms with van der Waals surface area (Å²) in [5.74, 6) is 0. The third-order valence-electron chi connectivity index (χ3n) is 1.71. The highest BCUT2D eigenvalue weighted by atomic mass is 14.2. The molecular formula is C9H19+. The average Bonchev–Trinajstić information content (AvgIpc) is 1.64. The highest BCUT2D eigenvalue weighted by molar-refractivity contribution is 4.74. The summed E-state index contributed by atoms with van der Waals surface area (Å²) in [6.45, 7) is 10.8. The van der Waals surface area contributed by atoms with Gasteiger partial charge in [0.25, 0.3) is 0 Å². The molecule has 0 aromatic rings. The second kappa shape index (κ2) is 3.81. The van der Waals surface area contributed by atoms with Crippen LogP contribution in [-0.4, -0.2) is 0 Å². The van der Waals surface area contributed by atoms with Crippen LogP contribution in [-0.2, 0) is 0 Å². The van der Waals surface area contributed by atoms with Crippen molar-refractivity contribution in [1.29, 1.82) is 0 Å². The predicted molar refractivity (Wildman–Crippen MR) is 43.3 cm³/mol. The monoisotopic (exact) mass is 127 g/mol. The van der Waals surface area contributed by atoms with Crippen LogP contribution in [0, 0.1) is 12.3 Å². The molecule has 0 atom stereocenters. The van der Waals surface area contributed by atoms with E-state index in [0.717, 1.165) is 0 Å². The van der Waals surface area contributed by atoms with Crippen LogP contribution >= 0.6 is 0 Å². The van der Waals surface area contributed by atoms with E-state index in [1.165, 1.54) is 25.7 Å². The van der Waals surface area contributed by atoms with Crippen LogP contribution in [0.15, 0.2) is 0 Å². The Balaban J connectivity index is 3.43.